The minimum absolute atomic E-state index is 0.0404. The highest BCUT2D eigenvalue weighted by Gasteiger charge is 2.28. The Balaban J connectivity index is 1.37. The number of ether oxygens (including phenoxy) is 2. The summed E-state index contributed by atoms with van der Waals surface area (Å²) in [4.78, 5) is 19.7. The van der Waals surface area contributed by atoms with Crippen LogP contribution in [-0.2, 0) is 12.8 Å². The van der Waals surface area contributed by atoms with E-state index in [9.17, 15) is 4.79 Å². The van der Waals surface area contributed by atoms with Gasteiger partial charge in [-0.2, -0.15) is 0 Å². The molecule has 2 aromatic heterocycles. The van der Waals surface area contributed by atoms with Crippen LogP contribution in [0.3, 0.4) is 0 Å². The molecule has 0 fully saturated rings. The van der Waals surface area contributed by atoms with E-state index in [0.29, 0.717) is 5.75 Å². The lowest BCUT2D eigenvalue weighted by molar-refractivity contribution is 0.102. The van der Waals surface area contributed by atoms with E-state index >= 15 is 0 Å². The lowest BCUT2D eigenvalue weighted by Crippen LogP contribution is -2.17. The van der Waals surface area contributed by atoms with E-state index in [1.54, 1.807) is 11.3 Å². The first-order chi connectivity index (χ1) is 18.0. The molecule has 0 spiro atoms. The predicted octanol–water partition coefficient (Wildman–Crippen LogP) is 7.07. The lowest BCUT2D eigenvalue weighted by atomic mass is 9.95. The van der Waals surface area contributed by atoms with E-state index in [4.69, 9.17) is 14.5 Å². The van der Waals surface area contributed by atoms with Crippen LogP contribution in [0, 0.1) is 20.8 Å². The summed E-state index contributed by atoms with van der Waals surface area (Å²) in [5.74, 6) is 1.42. The van der Waals surface area contributed by atoms with E-state index in [1.807, 2.05) is 55.6 Å². The third-order valence-electron chi connectivity index (χ3n) is 7.07. The Morgan fingerprint density at radius 3 is 2.62 bits per heavy atom. The third-order valence-corrected chi connectivity index (χ3v) is 8.35. The van der Waals surface area contributed by atoms with Gasteiger partial charge in [-0.25, -0.2) is 0 Å². The standard InChI is InChI=1S/C30H29N3O3S/c1-18-8-10-22(11-9-18)32-29(34)28-24-6-4-5-7-27(24)37-30(28)33-19(2)14-21(20(33)3)16-31-23-12-13-25-26(15-23)36-17-35-25/h8-16H,4-7,17H2,1-3H3,(H,32,34). The molecule has 37 heavy (non-hydrogen) atoms. The molecule has 2 aliphatic rings. The number of aliphatic imine (C=N–C) groups is 1. The number of thiophene rings is 1. The van der Waals surface area contributed by atoms with Crippen molar-refractivity contribution in [3.05, 3.63) is 87.0 Å². The van der Waals surface area contributed by atoms with Gasteiger partial charge in [0.15, 0.2) is 11.5 Å². The fraction of sp³-hybridized carbons (Fsp3) is 0.267. The molecular formula is C30H29N3O3S. The number of nitrogens with one attached hydrogen (secondary N) is 1. The Morgan fingerprint density at radius 1 is 1.00 bits per heavy atom. The third kappa shape index (κ3) is 4.44. The van der Waals surface area contributed by atoms with Gasteiger partial charge in [0, 0.05) is 39.8 Å². The fourth-order valence-electron chi connectivity index (χ4n) is 5.11. The number of aryl methyl sites for hydroxylation is 3. The van der Waals surface area contributed by atoms with Crippen LogP contribution in [0.4, 0.5) is 11.4 Å². The maximum Gasteiger partial charge on any atom is 0.258 e. The molecule has 0 saturated carbocycles. The largest absolute Gasteiger partial charge is 0.454 e. The number of carbonyl (C=O) groups is 1. The zero-order chi connectivity index (χ0) is 25.5. The van der Waals surface area contributed by atoms with Gasteiger partial charge in [0.2, 0.25) is 6.79 Å². The summed E-state index contributed by atoms with van der Waals surface area (Å²) in [6.07, 6.45) is 6.15. The van der Waals surface area contributed by atoms with Crippen molar-refractivity contribution in [3.8, 4) is 16.5 Å². The smallest absolute Gasteiger partial charge is 0.258 e. The predicted molar refractivity (Wildman–Crippen MR) is 149 cm³/mol. The van der Waals surface area contributed by atoms with Gasteiger partial charge in [0.1, 0.15) is 5.00 Å². The first-order valence-corrected chi connectivity index (χ1v) is 13.4. The van der Waals surface area contributed by atoms with Crippen LogP contribution >= 0.6 is 11.3 Å². The number of nitrogens with zero attached hydrogens (tertiary/aromatic N) is 2. The van der Waals surface area contributed by atoms with Gasteiger partial charge in [0.05, 0.1) is 11.3 Å². The summed E-state index contributed by atoms with van der Waals surface area (Å²) in [6, 6.07) is 15.8. The lowest BCUT2D eigenvalue weighted by Gasteiger charge is -2.14. The van der Waals surface area contributed by atoms with Gasteiger partial charge in [0.25, 0.3) is 5.91 Å². The molecule has 0 bridgehead atoms. The van der Waals surface area contributed by atoms with E-state index in [-0.39, 0.29) is 12.7 Å². The number of amides is 1. The monoisotopic (exact) mass is 511 g/mol. The Morgan fingerprint density at radius 2 is 1.78 bits per heavy atom. The van der Waals surface area contributed by atoms with Gasteiger partial charge in [-0.1, -0.05) is 17.7 Å². The van der Waals surface area contributed by atoms with Gasteiger partial charge in [-0.3, -0.25) is 9.79 Å². The van der Waals surface area contributed by atoms with Gasteiger partial charge in [-0.15, -0.1) is 11.3 Å². The quantitative estimate of drug-likeness (QED) is 0.291. The van der Waals surface area contributed by atoms with E-state index in [1.165, 1.54) is 22.4 Å². The molecule has 6 rings (SSSR count). The molecule has 7 heteroatoms. The Hall–Kier alpha value is -3.84. The van der Waals surface area contributed by atoms with Crippen LogP contribution in [0.2, 0.25) is 0 Å². The van der Waals surface area contributed by atoms with E-state index in [0.717, 1.165) is 63.9 Å². The van der Waals surface area contributed by atoms with Crippen LogP contribution in [0.1, 0.15) is 56.2 Å². The average molecular weight is 512 g/mol. The molecule has 3 heterocycles. The molecule has 2 aromatic carbocycles. The van der Waals surface area contributed by atoms with E-state index < -0.39 is 0 Å². The summed E-state index contributed by atoms with van der Waals surface area (Å²) >= 11 is 1.75. The van der Waals surface area contributed by atoms with Crippen LogP contribution < -0.4 is 14.8 Å². The summed E-state index contributed by atoms with van der Waals surface area (Å²) < 4.78 is 13.1. The van der Waals surface area contributed by atoms with Crippen LogP contribution in [0.15, 0.2) is 53.5 Å². The number of rotatable bonds is 5. The molecule has 1 aliphatic heterocycles. The van der Waals surface area contributed by atoms with Gasteiger partial charge < -0.3 is 19.4 Å². The van der Waals surface area contributed by atoms with Gasteiger partial charge >= 0.3 is 0 Å². The van der Waals surface area contributed by atoms with Crippen molar-refractivity contribution in [2.75, 3.05) is 12.1 Å². The molecule has 0 unspecified atom stereocenters. The zero-order valence-corrected chi connectivity index (χ0v) is 22.1. The summed E-state index contributed by atoms with van der Waals surface area (Å²) in [6.45, 7) is 6.47. The first-order valence-electron chi connectivity index (χ1n) is 12.6. The number of aromatic nitrogens is 1. The second-order valence-corrected chi connectivity index (χ2v) is 10.8. The number of hydrogen-bond acceptors (Lipinski definition) is 5. The van der Waals surface area contributed by atoms with Crippen molar-refractivity contribution in [1.82, 2.24) is 4.57 Å². The number of hydrogen-bond donors (Lipinski definition) is 1. The van der Waals surface area contributed by atoms with Crippen molar-refractivity contribution in [1.29, 1.82) is 0 Å². The SMILES string of the molecule is Cc1ccc(NC(=O)c2c(-n3c(C)cc(C=Nc4ccc5c(c4)OCO5)c3C)sc3c2CCCC3)cc1. The summed E-state index contributed by atoms with van der Waals surface area (Å²) in [5.41, 5.74) is 7.96. The second-order valence-electron chi connectivity index (χ2n) is 9.67. The van der Waals surface area contributed by atoms with Crippen molar-refractivity contribution < 1.29 is 14.3 Å². The van der Waals surface area contributed by atoms with Crippen molar-refractivity contribution in [3.63, 3.8) is 0 Å². The molecule has 1 amide bonds. The van der Waals surface area contributed by atoms with Crippen LogP contribution in [-0.4, -0.2) is 23.5 Å². The van der Waals surface area contributed by atoms with Crippen molar-refractivity contribution in [2.24, 2.45) is 4.99 Å². The average Bonchev–Trinajstić information content (AvgIpc) is 3.58. The van der Waals surface area contributed by atoms with Crippen LogP contribution in [0.25, 0.3) is 5.00 Å². The maximum atomic E-state index is 13.7. The Bertz CT molecular complexity index is 1530. The highest BCUT2D eigenvalue weighted by atomic mass is 32.1. The Labute approximate surface area is 220 Å². The molecule has 188 valence electrons. The first kappa shape index (κ1) is 23.6. The molecular weight excluding hydrogens is 482 g/mol. The fourth-order valence-corrected chi connectivity index (χ4v) is 6.61. The molecule has 0 atom stereocenters. The minimum atomic E-state index is -0.0404. The van der Waals surface area contributed by atoms with Crippen LogP contribution in [0.5, 0.6) is 11.5 Å². The minimum Gasteiger partial charge on any atom is -0.454 e. The number of fused-ring (bicyclic) bond motifs is 2. The van der Waals surface area contributed by atoms with Crippen molar-refractivity contribution in [2.45, 2.75) is 46.5 Å². The number of carbonyl (C=O) groups excluding carboxylic acids is 1. The molecule has 4 aromatic rings. The zero-order valence-electron chi connectivity index (χ0n) is 21.3. The van der Waals surface area contributed by atoms with Crippen molar-refractivity contribution >= 4 is 34.8 Å². The summed E-state index contributed by atoms with van der Waals surface area (Å²) in [5, 5.41) is 4.15. The molecule has 0 radical (unpaired) electrons. The highest BCUT2D eigenvalue weighted by molar-refractivity contribution is 7.15. The normalized spacial score (nSPS) is 14.2. The molecule has 0 saturated heterocycles. The van der Waals surface area contributed by atoms with E-state index in [2.05, 4.69) is 29.8 Å². The molecule has 1 N–H and O–H groups in total. The highest BCUT2D eigenvalue weighted by Crippen LogP contribution is 2.39. The topological polar surface area (TPSA) is 64.9 Å². The second kappa shape index (κ2) is 9.56. The molecule has 1 aliphatic carbocycles. The Kier molecular flexibility index (Phi) is 6.08. The van der Waals surface area contributed by atoms with Gasteiger partial charge in [-0.05, 0) is 82.3 Å². The number of benzene rings is 2. The molecule has 6 nitrogen and oxygen atoms in total. The maximum absolute atomic E-state index is 13.7. The summed E-state index contributed by atoms with van der Waals surface area (Å²) in [7, 11) is 0. The number of anilines is 1.